The zero-order valence-corrected chi connectivity index (χ0v) is 22.9. The molecule has 3 fully saturated rings. The molecule has 4 heterocycles. The second kappa shape index (κ2) is 12.2. The minimum Gasteiger partial charge on any atom is -0.448 e. The molecular formula is C28H36FN9O3. The molecule has 3 aromatic rings. The maximum atomic E-state index is 14.1. The highest BCUT2D eigenvalue weighted by atomic mass is 19.1. The Morgan fingerprint density at radius 2 is 1.71 bits per heavy atom. The van der Waals surface area contributed by atoms with Gasteiger partial charge in [-0.05, 0) is 70.5 Å². The normalized spacial score (nSPS) is 21.0. The molecule has 3 aliphatic rings. The Bertz CT molecular complexity index is 1380. The van der Waals surface area contributed by atoms with Crippen molar-refractivity contribution in [3.63, 3.8) is 0 Å². The van der Waals surface area contributed by atoms with E-state index in [1.54, 1.807) is 0 Å². The summed E-state index contributed by atoms with van der Waals surface area (Å²) >= 11 is 0. The summed E-state index contributed by atoms with van der Waals surface area (Å²) in [6.07, 6.45) is 11.5. The van der Waals surface area contributed by atoms with Crippen molar-refractivity contribution in [2.45, 2.75) is 69.5 Å². The molecule has 2 amide bonds. The molecule has 12 nitrogen and oxygen atoms in total. The van der Waals surface area contributed by atoms with E-state index in [1.807, 2.05) is 6.07 Å². The predicted octanol–water partition coefficient (Wildman–Crippen LogP) is 3.64. The van der Waals surface area contributed by atoms with Crippen molar-refractivity contribution >= 4 is 34.8 Å². The van der Waals surface area contributed by atoms with Gasteiger partial charge in [-0.2, -0.15) is 0 Å². The third kappa shape index (κ3) is 6.84. The van der Waals surface area contributed by atoms with Crippen molar-refractivity contribution in [3.05, 3.63) is 42.2 Å². The number of ether oxygens (including phenoxy) is 1. The molecule has 0 radical (unpaired) electrons. The molecule has 13 heteroatoms. The Balaban J connectivity index is 1.08. The number of imidazole rings is 1. The summed E-state index contributed by atoms with van der Waals surface area (Å²) in [6, 6.07) is 3.92. The number of carbonyl (C=O) groups is 2. The number of amides is 2. The third-order valence-corrected chi connectivity index (χ3v) is 7.90. The number of rotatable bonds is 10. The van der Waals surface area contributed by atoms with E-state index in [-0.39, 0.29) is 29.6 Å². The lowest BCUT2D eigenvalue weighted by molar-refractivity contribution is 0.101. The van der Waals surface area contributed by atoms with Crippen LogP contribution in [0.25, 0.3) is 5.65 Å². The van der Waals surface area contributed by atoms with E-state index in [9.17, 15) is 14.0 Å². The van der Waals surface area contributed by atoms with Gasteiger partial charge in [-0.3, -0.25) is 14.7 Å². The number of alkyl carbamates (subject to hydrolysis) is 1. The van der Waals surface area contributed by atoms with Crippen LogP contribution in [0.3, 0.4) is 0 Å². The second-order valence-electron chi connectivity index (χ2n) is 11.1. The molecule has 1 saturated heterocycles. The Morgan fingerprint density at radius 3 is 2.46 bits per heavy atom. The molecule has 0 atom stereocenters. The second-order valence-corrected chi connectivity index (χ2v) is 11.1. The van der Waals surface area contributed by atoms with Crippen molar-refractivity contribution in [3.8, 4) is 0 Å². The third-order valence-electron chi connectivity index (χ3n) is 7.90. The topological polar surface area (TPSA) is 138 Å². The van der Waals surface area contributed by atoms with E-state index in [0.29, 0.717) is 24.1 Å². The monoisotopic (exact) mass is 565 g/mol. The zero-order valence-electron chi connectivity index (χ0n) is 22.9. The van der Waals surface area contributed by atoms with Crippen LogP contribution in [0.2, 0.25) is 0 Å². The smallest absolute Gasteiger partial charge is 0.407 e. The molecule has 41 heavy (non-hydrogen) atoms. The predicted molar refractivity (Wildman–Crippen MR) is 152 cm³/mol. The van der Waals surface area contributed by atoms with Gasteiger partial charge in [0, 0.05) is 36.9 Å². The quantitative estimate of drug-likeness (QED) is 0.290. The lowest BCUT2D eigenvalue weighted by atomic mass is 9.91. The average Bonchev–Trinajstić information content (AvgIpc) is 3.43. The first-order chi connectivity index (χ1) is 20.0. The molecule has 0 aromatic carbocycles. The number of carbonyl (C=O) groups excluding carboxylic acids is 2. The van der Waals surface area contributed by atoms with Crippen LogP contribution in [-0.2, 0) is 4.74 Å². The van der Waals surface area contributed by atoms with E-state index in [4.69, 9.17) is 4.74 Å². The number of nitrogens with zero attached hydrogens (tertiary/aromatic N) is 5. The number of halogens is 1. The van der Waals surface area contributed by atoms with Gasteiger partial charge in [0.15, 0.2) is 17.2 Å². The lowest BCUT2D eigenvalue weighted by Gasteiger charge is -2.30. The summed E-state index contributed by atoms with van der Waals surface area (Å²) in [6.45, 7) is 3.38. The van der Waals surface area contributed by atoms with Crippen LogP contribution in [0.1, 0.15) is 61.9 Å². The van der Waals surface area contributed by atoms with Gasteiger partial charge in [-0.1, -0.05) is 0 Å². The van der Waals surface area contributed by atoms with Gasteiger partial charge in [0.2, 0.25) is 0 Å². The van der Waals surface area contributed by atoms with Crippen molar-refractivity contribution in [2.24, 2.45) is 0 Å². The van der Waals surface area contributed by atoms with E-state index in [2.05, 4.69) is 41.2 Å². The number of likely N-dealkylation sites (tertiary alicyclic amines) is 1. The molecule has 2 saturated carbocycles. The van der Waals surface area contributed by atoms with Gasteiger partial charge in [0.25, 0.3) is 5.91 Å². The van der Waals surface area contributed by atoms with Gasteiger partial charge < -0.3 is 26.0 Å². The fourth-order valence-electron chi connectivity index (χ4n) is 5.48. The maximum absolute atomic E-state index is 14.1. The standard InChI is InChI=1S/C28H36FN9O3/c29-21-16-30-10-9-22(21)35-27(39)24-17-31-26-23(32-18-3-4-18)15-25(36-38(24)26)33-19-5-7-20(8-6-19)34-28(40)41-14-13-37-11-1-2-12-37/h9-10,15-20,32H,1-8,11-14H2,(H,33,36)(H,34,40)(H,30,35,39). The van der Waals surface area contributed by atoms with Crippen LogP contribution >= 0.6 is 0 Å². The highest BCUT2D eigenvalue weighted by Gasteiger charge is 2.27. The molecule has 0 unspecified atom stereocenters. The number of fused-ring (bicyclic) bond motifs is 1. The first kappa shape index (κ1) is 27.2. The molecule has 2 aliphatic carbocycles. The van der Waals surface area contributed by atoms with Gasteiger partial charge in [0.1, 0.15) is 12.4 Å². The summed E-state index contributed by atoms with van der Waals surface area (Å²) in [5.41, 5.74) is 1.53. The molecule has 218 valence electrons. The van der Waals surface area contributed by atoms with Crippen molar-refractivity contribution in [1.82, 2.24) is 29.8 Å². The number of hydrogen-bond donors (Lipinski definition) is 4. The van der Waals surface area contributed by atoms with Crippen molar-refractivity contribution < 1.29 is 18.7 Å². The molecule has 4 N–H and O–H groups in total. The van der Waals surface area contributed by atoms with Gasteiger partial charge in [-0.15, -0.1) is 5.10 Å². The first-order valence-electron chi connectivity index (χ1n) is 14.5. The summed E-state index contributed by atoms with van der Waals surface area (Å²) < 4.78 is 21.0. The number of pyridine rings is 1. The lowest BCUT2D eigenvalue weighted by Crippen LogP contribution is -2.41. The highest BCUT2D eigenvalue weighted by Crippen LogP contribution is 2.30. The van der Waals surface area contributed by atoms with Gasteiger partial charge >= 0.3 is 6.09 Å². The molecule has 1 aliphatic heterocycles. The van der Waals surface area contributed by atoms with Crippen LogP contribution in [0.4, 0.5) is 26.4 Å². The minimum absolute atomic E-state index is 0.0337. The highest BCUT2D eigenvalue weighted by molar-refractivity contribution is 6.03. The van der Waals surface area contributed by atoms with E-state index in [1.165, 1.54) is 35.8 Å². The zero-order chi connectivity index (χ0) is 28.2. The summed E-state index contributed by atoms with van der Waals surface area (Å²) in [5.74, 6) is -0.537. The number of hydrogen-bond acceptors (Lipinski definition) is 9. The summed E-state index contributed by atoms with van der Waals surface area (Å²) in [5, 5.41) is 17.3. The van der Waals surface area contributed by atoms with Crippen LogP contribution < -0.4 is 21.3 Å². The Hall–Kier alpha value is -4.00. The Labute approximate surface area is 237 Å². The molecule has 0 spiro atoms. The van der Waals surface area contributed by atoms with Crippen molar-refractivity contribution in [2.75, 3.05) is 42.2 Å². The Kier molecular flexibility index (Phi) is 8.12. The molecule has 3 aromatic heterocycles. The minimum atomic E-state index is -0.624. The van der Waals surface area contributed by atoms with Crippen LogP contribution in [-0.4, -0.2) is 80.8 Å². The number of nitrogens with one attached hydrogen (secondary N) is 4. The van der Waals surface area contributed by atoms with Gasteiger partial charge in [-0.25, -0.2) is 18.7 Å². The van der Waals surface area contributed by atoms with E-state index >= 15 is 0 Å². The first-order valence-corrected chi connectivity index (χ1v) is 14.5. The fraction of sp³-hybridized carbons (Fsp3) is 0.536. The number of anilines is 3. The largest absolute Gasteiger partial charge is 0.448 e. The van der Waals surface area contributed by atoms with E-state index < -0.39 is 11.7 Å². The summed E-state index contributed by atoms with van der Waals surface area (Å²) in [4.78, 5) is 35.8. The maximum Gasteiger partial charge on any atom is 0.407 e. The van der Waals surface area contributed by atoms with Crippen LogP contribution in [0.15, 0.2) is 30.7 Å². The molecule has 6 rings (SSSR count). The fourth-order valence-corrected chi connectivity index (χ4v) is 5.48. The van der Waals surface area contributed by atoms with Crippen LogP contribution in [0.5, 0.6) is 0 Å². The molecular weight excluding hydrogens is 529 g/mol. The van der Waals surface area contributed by atoms with Crippen LogP contribution in [0, 0.1) is 5.82 Å². The SMILES string of the molecule is O=C(NC1CCC(Nc2cc(NC3CC3)c3ncc(C(=O)Nc4ccncc4F)n3n2)CC1)OCCN1CCCC1. The van der Waals surface area contributed by atoms with Crippen molar-refractivity contribution in [1.29, 1.82) is 0 Å². The Morgan fingerprint density at radius 1 is 0.976 bits per heavy atom. The van der Waals surface area contributed by atoms with E-state index in [0.717, 1.165) is 70.0 Å². The average molecular weight is 566 g/mol. The molecule has 0 bridgehead atoms. The summed E-state index contributed by atoms with van der Waals surface area (Å²) in [7, 11) is 0. The van der Waals surface area contributed by atoms with Gasteiger partial charge in [0.05, 0.1) is 23.8 Å². The number of aromatic nitrogens is 4.